The minimum atomic E-state index is -0.295. The number of thiazole rings is 1. The highest BCUT2D eigenvalue weighted by Gasteiger charge is 2.11. The average molecular weight is 773 g/mol. The van der Waals surface area contributed by atoms with Crippen LogP contribution in [0.5, 0.6) is 5.75 Å². The Morgan fingerprint density at radius 2 is 1.75 bits per heavy atom. The summed E-state index contributed by atoms with van der Waals surface area (Å²) < 4.78 is 7.90. The van der Waals surface area contributed by atoms with Gasteiger partial charge in [0.2, 0.25) is 0 Å². The van der Waals surface area contributed by atoms with Gasteiger partial charge in [-0.25, -0.2) is 10.4 Å². The van der Waals surface area contributed by atoms with Crippen LogP contribution >= 0.6 is 49.9 Å². The fourth-order valence-corrected chi connectivity index (χ4v) is 7.03. The number of nitrogens with zero attached hydrogens (tertiary/aromatic N) is 2. The zero-order valence-corrected chi connectivity index (χ0v) is 28.1. The number of carbonyl (C=O) groups excluding carboxylic acids is 1. The van der Waals surface area contributed by atoms with Crippen molar-refractivity contribution in [2.75, 3.05) is 5.32 Å². The number of ether oxygens (including phenoxy) is 1. The molecule has 6 aromatic rings. The number of amides is 1. The molecular weight excluding hydrogens is 747 g/mol. The van der Waals surface area contributed by atoms with E-state index in [-0.39, 0.29) is 5.91 Å². The Balaban J connectivity index is 1.04. The van der Waals surface area contributed by atoms with Crippen molar-refractivity contribution >= 4 is 83.6 Å². The lowest BCUT2D eigenvalue weighted by molar-refractivity contribution is 0.0955. The first-order valence-electron chi connectivity index (χ1n) is 13.7. The number of nitrogens with one attached hydrogen (secondary N) is 2. The van der Waals surface area contributed by atoms with Crippen molar-refractivity contribution in [1.82, 2.24) is 10.4 Å². The zero-order valence-electron chi connectivity index (χ0n) is 23.6. The van der Waals surface area contributed by atoms with Crippen molar-refractivity contribution in [1.29, 1.82) is 0 Å². The molecule has 0 spiro atoms. The van der Waals surface area contributed by atoms with E-state index in [1.54, 1.807) is 18.3 Å². The van der Waals surface area contributed by atoms with E-state index in [9.17, 15) is 4.79 Å². The molecule has 44 heavy (non-hydrogen) atoms. The number of fused-ring (bicyclic) bond motifs is 1. The number of hydrazone groups is 1. The second-order valence-corrected chi connectivity index (χ2v) is 13.0. The van der Waals surface area contributed by atoms with Gasteiger partial charge in [0.15, 0.2) is 5.13 Å². The molecule has 0 saturated carbocycles. The maximum atomic E-state index is 12.7. The first kappa shape index (κ1) is 30.0. The molecule has 5 aromatic carbocycles. The molecule has 0 unspecified atom stereocenters. The van der Waals surface area contributed by atoms with Gasteiger partial charge in [0.1, 0.15) is 12.4 Å². The van der Waals surface area contributed by atoms with Gasteiger partial charge in [0.25, 0.3) is 5.91 Å². The summed E-state index contributed by atoms with van der Waals surface area (Å²) in [5.41, 5.74) is 9.03. The maximum absolute atomic E-state index is 12.7. The number of benzene rings is 5. The van der Waals surface area contributed by atoms with Gasteiger partial charge in [0.05, 0.1) is 20.0 Å². The molecule has 1 heterocycles. The summed E-state index contributed by atoms with van der Waals surface area (Å²) in [5.74, 6) is 0.468. The first-order chi connectivity index (χ1) is 21.4. The largest absolute Gasteiger partial charge is 0.487 e. The highest BCUT2D eigenvalue weighted by molar-refractivity contribution is 14.1. The smallest absolute Gasteiger partial charge is 0.271 e. The Morgan fingerprint density at radius 1 is 0.977 bits per heavy atom. The van der Waals surface area contributed by atoms with Crippen LogP contribution in [-0.4, -0.2) is 17.1 Å². The lowest BCUT2D eigenvalue weighted by Crippen LogP contribution is -2.17. The standard InChI is InChI=1S/C35H26BrIN4O2S/c1-22-6-14-29(15-7-22)39-35-40-32(21-44-35)26-10-12-27(13-11-26)34(42)41-38-19-24-17-30(36)33(31(37)18-24)43-20-23-8-9-25-4-2-3-5-28(25)16-23/h2-19,21H,20H2,1H3,(H,39,40)(H,41,42)/b38-19-. The third kappa shape index (κ3) is 7.35. The molecule has 218 valence electrons. The van der Waals surface area contributed by atoms with Crippen LogP contribution in [0.4, 0.5) is 10.8 Å². The second kappa shape index (κ2) is 13.7. The van der Waals surface area contributed by atoms with Crippen molar-refractivity contribution in [3.05, 3.63) is 139 Å². The third-order valence-corrected chi connectivity index (χ3v) is 9.00. The van der Waals surface area contributed by atoms with E-state index >= 15 is 0 Å². The van der Waals surface area contributed by atoms with Crippen molar-refractivity contribution in [3.63, 3.8) is 0 Å². The van der Waals surface area contributed by atoms with Crippen LogP contribution in [0.3, 0.4) is 0 Å². The van der Waals surface area contributed by atoms with Crippen LogP contribution < -0.4 is 15.5 Å². The predicted octanol–water partition coefficient (Wildman–Crippen LogP) is 9.73. The van der Waals surface area contributed by atoms with Crippen molar-refractivity contribution in [2.24, 2.45) is 5.10 Å². The number of anilines is 2. The molecule has 6 rings (SSSR count). The van der Waals surface area contributed by atoms with Crippen LogP contribution in [0.25, 0.3) is 22.0 Å². The molecule has 0 fully saturated rings. The van der Waals surface area contributed by atoms with Gasteiger partial charge in [0, 0.05) is 22.2 Å². The van der Waals surface area contributed by atoms with Crippen LogP contribution in [-0.2, 0) is 6.61 Å². The number of halogens is 2. The Labute approximate surface area is 281 Å². The number of carbonyl (C=O) groups is 1. The van der Waals surface area contributed by atoms with E-state index in [2.05, 4.69) is 109 Å². The fourth-order valence-electron chi connectivity index (χ4n) is 4.52. The minimum Gasteiger partial charge on any atom is -0.487 e. The number of hydrogen-bond acceptors (Lipinski definition) is 6. The predicted molar refractivity (Wildman–Crippen MR) is 192 cm³/mol. The van der Waals surface area contributed by atoms with Gasteiger partial charge in [-0.05, 0) is 110 Å². The van der Waals surface area contributed by atoms with E-state index < -0.39 is 0 Å². The molecule has 6 nitrogen and oxygen atoms in total. The third-order valence-electron chi connectivity index (χ3n) is 6.85. The zero-order chi connectivity index (χ0) is 30.5. The van der Waals surface area contributed by atoms with Gasteiger partial charge in [-0.3, -0.25) is 4.79 Å². The molecule has 0 saturated heterocycles. The second-order valence-electron chi connectivity index (χ2n) is 10.1. The van der Waals surface area contributed by atoms with Crippen molar-refractivity contribution < 1.29 is 9.53 Å². The Hall–Kier alpha value is -4.06. The van der Waals surface area contributed by atoms with Crippen LogP contribution in [0.2, 0.25) is 0 Å². The van der Waals surface area contributed by atoms with Gasteiger partial charge in [-0.15, -0.1) is 11.3 Å². The van der Waals surface area contributed by atoms with Crippen LogP contribution in [0.1, 0.15) is 27.0 Å². The molecule has 1 amide bonds. The molecular formula is C35H26BrIN4O2S. The lowest BCUT2D eigenvalue weighted by atomic mass is 10.1. The van der Waals surface area contributed by atoms with E-state index in [1.807, 2.05) is 53.9 Å². The van der Waals surface area contributed by atoms with Gasteiger partial charge < -0.3 is 10.1 Å². The Bertz CT molecular complexity index is 1950. The van der Waals surface area contributed by atoms with Gasteiger partial charge >= 0.3 is 0 Å². The molecule has 0 radical (unpaired) electrons. The summed E-state index contributed by atoms with van der Waals surface area (Å²) in [7, 11) is 0. The van der Waals surface area contributed by atoms with E-state index in [0.29, 0.717) is 12.2 Å². The minimum absolute atomic E-state index is 0.295. The molecule has 0 atom stereocenters. The summed E-state index contributed by atoms with van der Waals surface area (Å²) >= 11 is 7.41. The molecule has 9 heteroatoms. The van der Waals surface area contributed by atoms with E-state index in [1.165, 1.54) is 27.7 Å². The topological polar surface area (TPSA) is 75.6 Å². The Morgan fingerprint density at radius 3 is 2.52 bits per heavy atom. The monoisotopic (exact) mass is 772 g/mol. The summed E-state index contributed by atoms with van der Waals surface area (Å²) in [5, 5.41) is 12.7. The molecule has 0 aliphatic carbocycles. The highest BCUT2D eigenvalue weighted by Crippen LogP contribution is 2.33. The normalized spacial score (nSPS) is 11.2. The first-order valence-corrected chi connectivity index (χ1v) is 16.5. The van der Waals surface area contributed by atoms with Gasteiger partial charge in [-0.2, -0.15) is 5.10 Å². The maximum Gasteiger partial charge on any atom is 0.271 e. The quantitative estimate of drug-likeness (QED) is 0.0872. The molecule has 2 N–H and O–H groups in total. The van der Waals surface area contributed by atoms with Gasteiger partial charge in [-0.1, -0.05) is 66.2 Å². The van der Waals surface area contributed by atoms with Crippen molar-refractivity contribution in [3.8, 4) is 17.0 Å². The van der Waals surface area contributed by atoms with Crippen LogP contribution in [0.15, 0.2) is 118 Å². The van der Waals surface area contributed by atoms with E-state index in [0.717, 1.165) is 47.0 Å². The van der Waals surface area contributed by atoms with Crippen molar-refractivity contribution in [2.45, 2.75) is 13.5 Å². The SMILES string of the molecule is Cc1ccc(Nc2nc(-c3ccc(C(=O)N/N=C\c4cc(Br)c(OCc5ccc6ccccc6c5)c(I)c4)cc3)cs2)cc1. The Kier molecular flexibility index (Phi) is 9.34. The summed E-state index contributed by atoms with van der Waals surface area (Å²) in [6.07, 6.45) is 1.62. The summed E-state index contributed by atoms with van der Waals surface area (Å²) in [4.78, 5) is 17.4. The molecule has 1 aromatic heterocycles. The number of aromatic nitrogens is 1. The molecule has 0 bridgehead atoms. The summed E-state index contributed by atoms with van der Waals surface area (Å²) in [6, 6.07) is 34.0. The number of aryl methyl sites for hydroxylation is 1. The lowest BCUT2D eigenvalue weighted by Gasteiger charge is -2.12. The van der Waals surface area contributed by atoms with Crippen LogP contribution in [0, 0.1) is 10.5 Å². The highest BCUT2D eigenvalue weighted by atomic mass is 127. The van der Waals surface area contributed by atoms with E-state index in [4.69, 9.17) is 4.74 Å². The average Bonchev–Trinajstić information content (AvgIpc) is 3.50. The number of hydrogen-bond donors (Lipinski definition) is 2. The summed E-state index contributed by atoms with van der Waals surface area (Å²) in [6.45, 7) is 2.51. The molecule has 0 aliphatic heterocycles. The fraction of sp³-hybridized carbons (Fsp3) is 0.0571. The number of rotatable bonds is 9. The molecule has 0 aliphatic rings.